The number of amides is 1. The van der Waals surface area contributed by atoms with Gasteiger partial charge in [-0.2, -0.15) is 0 Å². The van der Waals surface area contributed by atoms with Crippen LogP contribution in [0.1, 0.15) is 15.9 Å². The molecule has 2 N–H and O–H groups in total. The predicted octanol–water partition coefficient (Wildman–Crippen LogP) is 3.44. The van der Waals surface area contributed by atoms with Gasteiger partial charge in [-0.1, -0.05) is 18.2 Å². The molecule has 7 heteroatoms. The van der Waals surface area contributed by atoms with E-state index in [1.807, 2.05) is 6.92 Å². The molecule has 0 radical (unpaired) electrons. The first kappa shape index (κ1) is 17.6. The summed E-state index contributed by atoms with van der Waals surface area (Å²) in [7, 11) is -3.66. The van der Waals surface area contributed by atoms with Gasteiger partial charge in [0.2, 0.25) is 0 Å². The van der Waals surface area contributed by atoms with Crippen LogP contribution in [0.2, 0.25) is 0 Å². The third-order valence-electron chi connectivity index (χ3n) is 3.74. The molecule has 3 rings (SSSR count). The standard InChI is InChI=1S/C19H17N3O3S/c1-14-11-12-20-13-18(14)21-19(23)15-7-9-16(10-8-15)22-26(24,25)17-5-3-2-4-6-17/h2-13,22H,1H3,(H,21,23). The van der Waals surface area contributed by atoms with Gasteiger partial charge >= 0.3 is 0 Å². The summed E-state index contributed by atoms with van der Waals surface area (Å²) in [5.41, 5.74) is 2.32. The number of nitrogens with one attached hydrogen (secondary N) is 2. The SMILES string of the molecule is Cc1ccncc1NC(=O)c1ccc(NS(=O)(=O)c2ccccc2)cc1. The molecule has 26 heavy (non-hydrogen) atoms. The van der Waals surface area contributed by atoms with Crippen molar-refractivity contribution in [1.82, 2.24) is 4.98 Å². The fourth-order valence-electron chi connectivity index (χ4n) is 2.29. The van der Waals surface area contributed by atoms with E-state index in [-0.39, 0.29) is 10.8 Å². The molecule has 132 valence electrons. The third kappa shape index (κ3) is 4.07. The topological polar surface area (TPSA) is 88.2 Å². The lowest BCUT2D eigenvalue weighted by molar-refractivity contribution is 0.102. The van der Waals surface area contributed by atoms with Crippen LogP contribution < -0.4 is 10.0 Å². The molecule has 0 spiro atoms. The second kappa shape index (κ2) is 7.37. The van der Waals surface area contributed by atoms with Gasteiger partial charge in [0.05, 0.1) is 16.8 Å². The number of hydrogen-bond acceptors (Lipinski definition) is 4. The van der Waals surface area contributed by atoms with Crippen molar-refractivity contribution in [2.24, 2.45) is 0 Å². The quantitative estimate of drug-likeness (QED) is 0.723. The minimum atomic E-state index is -3.66. The summed E-state index contributed by atoms with van der Waals surface area (Å²) in [4.78, 5) is 16.5. The Morgan fingerprint density at radius 3 is 2.31 bits per heavy atom. The number of rotatable bonds is 5. The Morgan fingerprint density at radius 1 is 0.962 bits per heavy atom. The highest BCUT2D eigenvalue weighted by Crippen LogP contribution is 2.18. The summed E-state index contributed by atoms with van der Waals surface area (Å²) >= 11 is 0. The summed E-state index contributed by atoms with van der Waals surface area (Å²) in [5, 5.41) is 2.78. The fraction of sp³-hybridized carbons (Fsp3) is 0.0526. The maximum Gasteiger partial charge on any atom is 0.261 e. The van der Waals surface area contributed by atoms with Crippen molar-refractivity contribution in [1.29, 1.82) is 0 Å². The first-order chi connectivity index (χ1) is 12.5. The number of aryl methyl sites for hydroxylation is 1. The van der Waals surface area contributed by atoms with Crippen LogP contribution in [0.5, 0.6) is 0 Å². The summed E-state index contributed by atoms with van der Waals surface area (Å²) in [6.45, 7) is 1.87. The first-order valence-corrected chi connectivity index (χ1v) is 9.34. The number of benzene rings is 2. The largest absolute Gasteiger partial charge is 0.320 e. The van der Waals surface area contributed by atoms with Crippen LogP contribution in [0.15, 0.2) is 78.0 Å². The highest BCUT2D eigenvalue weighted by Gasteiger charge is 2.14. The number of aromatic nitrogens is 1. The lowest BCUT2D eigenvalue weighted by Crippen LogP contribution is -2.14. The van der Waals surface area contributed by atoms with E-state index in [1.165, 1.54) is 12.1 Å². The zero-order valence-corrected chi connectivity index (χ0v) is 14.8. The van der Waals surface area contributed by atoms with E-state index < -0.39 is 10.0 Å². The number of sulfonamides is 1. The Balaban J connectivity index is 1.72. The predicted molar refractivity (Wildman–Crippen MR) is 101 cm³/mol. The number of hydrogen-bond donors (Lipinski definition) is 2. The smallest absolute Gasteiger partial charge is 0.261 e. The normalized spacial score (nSPS) is 11.0. The molecule has 1 heterocycles. The number of pyridine rings is 1. The Morgan fingerprint density at radius 2 is 1.65 bits per heavy atom. The van der Waals surface area contributed by atoms with Crippen molar-refractivity contribution in [2.45, 2.75) is 11.8 Å². The maximum absolute atomic E-state index is 12.3. The summed E-state index contributed by atoms with van der Waals surface area (Å²) in [6, 6.07) is 16.1. The van der Waals surface area contributed by atoms with Crippen molar-refractivity contribution >= 4 is 27.3 Å². The Hall–Kier alpha value is -3.19. The zero-order chi connectivity index (χ0) is 18.6. The van der Waals surface area contributed by atoms with E-state index in [2.05, 4.69) is 15.0 Å². The van der Waals surface area contributed by atoms with Crippen LogP contribution >= 0.6 is 0 Å². The van der Waals surface area contributed by atoms with Gasteiger partial charge in [-0.3, -0.25) is 14.5 Å². The molecule has 2 aromatic carbocycles. The fourth-order valence-corrected chi connectivity index (χ4v) is 3.37. The third-order valence-corrected chi connectivity index (χ3v) is 5.14. The van der Waals surface area contributed by atoms with Crippen molar-refractivity contribution in [3.05, 3.63) is 84.2 Å². The van der Waals surface area contributed by atoms with Gasteiger partial charge in [0.25, 0.3) is 15.9 Å². The Kier molecular flexibility index (Phi) is 4.99. The van der Waals surface area contributed by atoms with Crippen LogP contribution in [0, 0.1) is 6.92 Å². The molecule has 0 saturated carbocycles. The Bertz CT molecular complexity index is 1020. The zero-order valence-electron chi connectivity index (χ0n) is 14.0. The van der Waals surface area contributed by atoms with E-state index >= 15 is 0 Å². The molecule has 0 bridgehead atoms. The second-order valence-electron chi connectivity index (χ2n) is 5.64. The van der Waals surface area contributed by atoms with Gasteiger partial charge in [-0.15, -0.1) is 0 Å². The van der Waals surface area contributed by atoms with Crippen molar-refractivity contribution in [2.75, 3.05) is 10.0 Å². The van der Waals surface area contributed by atoms with Crippen molar-refractivity contribution < 1.29 is 13.2 Å². The highest BCUT2D eigenvalue weighted by atomic mass is 32.2. The van der Waals surface area contributed by atoms with Crippen LogP contribution in [0.4, 0.5) is 11.4 Å². The lowest BCUT2D eigenvalue weighted by atomic mass is 10.2. The van der Waals surface area contributed by atoms with Crippen molar-refractivity contribution in [3.8, 4) is 0 Å². The molecule has 3 aromatic rings. The minimum Gasteiger partial charge on any atom is -0.320 e. The maximum atomic E-state index is 12.3. The molecule has 0 atom stereocenters. The average molecular weight is 367 g/mol. The number of carbonyl (C=O) groups excluding carboxylic acids is 1. The van der Waals surface area contributed by atoms with Crippen LogP contribution in [-0.4, -0.2) is 19.3 Å². The average Bonchev–Trinajstić information content (AvgIpc) is 2.64. The van der Waals surface area contributed by atoms with Gasteiger partial charge in [-0.05, 0) is 55.0 Å². The second-order valence-corrected chi connectivity index (χ2v) is 7.32. The van der Waals surface area contributed by atoms with Crippen LogP contribution in [-0.2, 0) is 10.0 Å². The van der Waals surface area contributed by atoms with Gasteiger partial charge in [0.1, 0.15) is 0 Å². The molecule has 6 nitrogen and oxygen atoms in total. The molecule has 0 saturated heterocycles. The molecule has 0 aliphatic carbocycles. The minimum absolute atomic E-state index is 0.175. The van der Waals surface area contributed by atoms with E-state index in [1.54, 1.807) is 60.9 Å². The van der Waals surface area contributed by atoms with Gasteiger partial charge in [0, 0.05) is 17.4 Å². The molecule has 0 unspecified atom stereocenters. The lowest BCUT2D eigenvalue weighted by Gasteiger charge is -2.10. The highest BCUT2D eigenvalue weighted by molar-refractivity contribution is 7.92. The molecule has 1 amide bonds. The summed E-state index contributed by atoms with van der Waals surface area (Å²) in [6.07, 6.45) is 3.23. The van der Waals surface area contributed by atoms with Crippen LogP contribution in [0.25, 0.3) is 0 Å². The van der Waals surface area contributed by atoms with Gasteiger partial charge < -0.3 is 5.32 Å². The first-order valence-electron chi connectivity index (χ1n) is 7.85. The summed E-state index contributed by atoms with van der Waals surface area (Å²) in [5.74, 6) is -0.293. The van der Waals surface area contributed by atoms with E-state index in [9.17, 15) is 13.2 Å². The number of nitrogens with zero attached hydrogens (tertiary/aromatic N) is 1. The van der Waals surface area contributed by atoms with E-state index in [0.29, 0.717) is 16.9 Å². The van der Waals surface area contributed by atoms with E-state index in [4.69, 9.17) is 0 Å². The monoisotopic (exact) mass is 367 g/mol. The van der Waals surface area contributed by atoms with Gasteiger partial charge in [0.15, 0.2) is 0 Å². The van der Waals surface area contributed by atoms with Gasteiger partial charge in [-0.25, -0.2) is 8.42 Å². The van der Waals surface area contributed by atoms with Crippen molar-refractivity contribution in [3.63, 3.8) is 0 Å². The molecule has 1 aromatic heterocycles. The molecule has 0 aliphatic heterocycles. The molecular weight excluding hydrogens is 350 g/mol. The van der Waals surface area contributed by atoms with Crippen LogP contribution in [0.3, 0.4) is 0 Å². The molecule has 0 fully saturated rings. The summed E-state index contributed by atoms with van der Waals surface area (Å²) < 4.78 is 27.1. The number of anilines is 2. The Labute approximate surface area is 152 Å². The van der Waals surface area contributed by atoms with E-state index in [0.717, 1.165) is 5.56 Å². The molecular formula is C19H17N3O3S. The number of carbonyl (C=O) groups is 1. The molecule has 0 aliphatic rings.